The lowest BCUT2D eigenvalue weighted by atomic mass is 9.85. The third-order valence-corrected chi connectivity index (χ3v) is 6.50. The zero-order chi connectivity index (χ0) is 25.5. The Morgan fingerprint density at radius 3 is 1.92 bits per heavy atom. The van der Waals surface area contributed by atoms with Gasteiger partial charge in [-0.15, -0.1) is 0 Å². The minimum absolute atomic E-state index is 0.125. The van der Waals surface area contributed by atoms with Gasteiger partial charge in [-0.2, -0.15) is 0 Å². The first-order chi connectivity index (χ1) is 17.4. The Balaban J connectivity index is 1.45. The van der Waals surface area contributed by atoms with E-state index in [0.29, 0.717) is 54.9 Å². The standard InChI is InChI=1S/C29H30N2O5/c1-2-36-27(33)22-17-19-31(20-18-22)26(32)21-13-15-25(16-14-21)30-28(34)29(35,23-9-5-3-6-10-23)24-11-7-4-8-12-24/h3-16,22,35H,2,17-20H2,1H3,(H,30,34). The fraction of sp³-hybridized carbons (Fsp3) is 0.276. The summed E-state index contributed by atoms with van der Waals surface area (Å²) in [5, 5.41) is 14.4. The van der Waals surface area contributed by atoms with Gasteiger partial charge in [0.2, 0.25) is 0 Å². The lowest BCUT2D eigenvalue weighted by molar-refractivity contribution is -0.149. The Hall–Kier alpha value is -3.97. The molecule has 0 saturated carbocycles. The van der Waals surface area contributed by atoms with Gasteiger partial charge in [-0.25, -0.2) is 0 Å². The van der Waals surface area contributed by atoms with Crippen molar-refractivity contribution in [2.45, 2.75) is 25.4 Å². The molecule has 0 spiro atoms. The summed E-state index contributed by atoms with van der Waals surface area (Å²) in [6.07, 6.45) is 1.16. The number of piperidine rings is 1. The molecule has 1 fully saturated rings. The van der Waals surface area contributed by atoms with Crippen LogP contribution in [0.25, 0.3) is 0 Å². The topological polar surface area (TPSA) is 95.9 Å². The number of benzene rings is 3. The Morgan fingerprint density at radius 1 is 0.889 bits per heavy atom. The highest BCUT2D eigenvalue weighted by Gasteiger charge is 2.40. The fourth-order valence-corrected chi connectivity index (χ4v) is 4.47. The summed E-state index contributed by atoms with van der Waals surface area (Å²) >= 11 is 0. The second kappa shape index (κ2) is 11.2. The largest absolute Gasteiger partial charge is 0.466 e. The predicted octanol–water partition coefficient (Wildman–Crippen LogP) is 3.98. The van der Waals surface area contributed by atoms with Gasteiger partial charge in [-0.3, -0.25) is 14.4 Å². The smallest absolute Gasteiger partial charge is 0.309 e. The van der Waals surface area contributed by atoms with E-state index in [1.54, 1.807) is 84.6 Å². The van der Waals surface area contributed by atoms with E-state index >= 15 is 0 Å². The molecule has 186 valence electrons. The van der Waals surface area contributed by atoms with E-state index in [0.717, 1.165) is 0 Å². The number of carbonyl (C=O) groups excluding carboxylic acids is 3. The average Bonchev–Trinajstić information content (AvgIpc) is 2.93. The normalized spacial score (nSPS) is 14.2. The van der Waals surface area contributed by atoms with Crippen molar-refractivity contribution in [3.63, 3.8) is 0 Å². The summed E-state index contributed by atoms with van der Waals surface area (Å²) in [4.78, 5) is 40.0. The summed E-state index contributed by atoms with van der Waals surface area (Å²) < 4.78 is 5.09. The fourth-order valence-electron chi connectivity index (χ4n) is 4.47. The van der Waals surface area contributed by atoms with E-state index in [4.69, 9.17) is 4.74 Å². The zero-order valence-corrected chi connectivity index (χ0v) is 20.2. The molecule has 36 heavy (non-hydrogen) atoms. The van der Waals surface area contributed by atoms with Gasteiger partial charge in [-0.1, -0.05) is 60.7 Å². The molecule has 4 rings (SSSR count). The third-order valence-electron chi connectivity index (χ3n) is 6.50. The molecule has 7 nitrogen and oxygen atoms in total. The quantitative estimate of drug-likeness (QED) is 0.493. The maximum atomic E-state index is 13.4. The number of aliphatic hydroxyl groups is 1. The highest BCUT2D eigenvalue weighted by molar-refractivity contribution is 6.01. The van der Waals surface area contributed by atoms with Gasteiger partial charge in [0.25, 0.3) is 11.8 Å². The SMILES string of the molecule is CCOC(=O)C1CCN(C(=O)c2ccc(NC(=O)C(O)(c3ccccc3)c3ccccc3)cc2)CC1. The second-order valence-electron chi connectivity index (χ2n) is 8.79. The van der Waals surface area contributed by atoms with Gasteiger partial charge < -0.3 is 20.1 Å². The van der Waals surface area contributed by atoms with Crippen LogP contribution in [0.1, 0.15) is 41.3 Å². The Bertz CT molecular complexity index is 1150. The van der Waals surface area contributed by atoms with Crippen LogP contribution in [-0.2, 0) is 19.9 Å². The summed E-state index contributed by atoms with van der Waals surface area (Å²) in [7, 11) is 0. The van der Waals surface area contributed by atoms with Crippen molar-refractivity contribution >= 4 is 23.5 Å². The van der Waals surface area contributed by atoms with Gasteiger partial charge in [0, 0.05) is 24.3 Å². The number of rotatable bonds is 7. The van der Waals surface area contributed by atoms with E-state index in [9.17, 15) is 19.5 Å². The molecular weight excluding hydrogens is 456 g/mol. The van der Waals surface area contributed by atoms with Crippen LogP contribution in [0.2, 0.25) is 0 Å². The van der Waals surface area contributed by atoms with Crippen molar-refractivity contribution in [3.8, 4) is 0 Å². The molecule has 0 bridgehead atoms. The van der Waals surface area contributed by atoms with E-state index in [1.807, 2.05) is 12.1 Å². The Kier molecular flexibility index (Phi) is 7.80. The lowest BCUT2D eigenvalue weighted by Gasteiger charge is -2.31. The van der Waals surface area contributed by atoms with Crippen LogP contribution < -0.4 is 5.32 Å². The molecule has 2 amide bonds. The minimum atomic E-state index is -1.89. The molecule has 1 aliphatic heterocycles. The molecule has 3 aromatic rings. The molecule has 7 heteroatoms. The van der Waals surface area contributed by atoms with E-state index in [1.165, 1.54) is 0 Å². The molecule has 0 unspecified atom stereocenters. The minimum Gasteiger partial charge on any atom is -0.466 e. The van der Waals surface area contributed by atoms with Gasteiger partial charge in [0.15, 0.2) is 5.60 Å². The summed E-state index contributed by atoms with van der Waals surface area (Å²) in [5.74, 6) is -1.09. The highest BCUT2D eigenvalue weighted by Crippen LogP contribution is 2.31. The number of esters is 1. The van der Waals surface area contributed by atoms with Crippen LogP contribution >= 0.6 is 0 Å². The number of nitrogens with one attached hydrogen (secondary N) is 1. The summed E-state index contributed by atoms with van der Waals surface area (Å²) in [6, 6.07) is 24.2. The monoisotopic (exact) mass is 486 g/mol. The molecule has 0 radical (unpaired) electrons. The Morgan fingerprint density at radius 2 is 1.42 bits per heavy atom. The van der Waals surface area contributed by atoms with Gasteiger partial charge in [0.1, 0.15) is 0 Å². The van der Waals surface area contributed by atoms with Crippen LogP contribution in [0.5, 0.6) is 0 Å². The maximum absolute atomic E-state index is 13.4. The Labute approximate surface area is 210 Å². The van der Waals surface area contributed by atoms with E-state index in [-0.39, 0.29) is 17.8 Å². The number of nitrogens with zero attached hydrogens (tertiary/aromatic N) is 1. The first-order valence-corrected chi connectivity index (χ1v) is 12.1. The average molecular weight is 487 g/mol. The number of amides is 2. The number of ether oxygens (including phenoxy) is 1. The summed E-state index contributed by atoms with van der Waals surface area (Å²) in [5.41, 5.74) is -0.0365. The van der Waals surface area contributed by atoms with Crippen molar-refractivity contribution in [2.24, 2.45) is 5.92 Å². The van der Waals surface area contributed by atoms with Crippen molar-refractivity contribution in [2.75, 3.05) is 25.0 Å². The van der Waals surface area contributed by atoms with E-state index in [2.05, 4.69) is 5.32 Å². The second-order valence-corrected chi connectivity index (χ2v) is 8.79. The molecule has 1 heterocycles. The summed E-state index contributed by atoms with van der Waals surface area (Å²) in [6.45, 7) is 3.12. The number of hydrogen-bond donors (Lipinski definition) is 2. The predicted molar refractivity (Wildman–Crippen MR) is 136 cm³/mol. The zero-order valence-electron chi connectivity index (χ0n) is 20.2. The molecule has 1 aliphatic rings. The molecule has 1 saturated heterocycles. The van der Waals surface area contributed by atoms with Gasteiger partial charge in [-0.05, 0) is 55.2 Å². The van der Waals surface area contributed by atoms with Crippen LogP contribution in [-0.4, -0.2) is 47.5 Å². The molecule has 0 aliphatic carbocycles. The van der Waals surface area contributed by atoms with Gasteiger partial charge in [0.05, 0.1) is 12.5 Å². The molecule has 3 aromatic carbocycles. The van der Waals surface area contributed by atoms with Gasteiger partial charge >= 0.3 is 5.97 Å². The number of anilines is 1. The van der Waals surface area contributed by atoms with Crippen LogP contribution in [0.3, 0.4) is 0 Å². The third kappa shape index (κ3) is 5.31. The van der Waals surface area contributed by atoms with Crippen LogP contribution in [0, 0.1) is 5.92 Å². The molecule has 0 atom stereocenters. The van der Waals surface area contributed by atoms with E-state index < -0.39 is 11.5 Å². The molecule has 2 N–H and O–H groups in total. The number of hydrogen-bond acceptors (Lipinski definition) is 5. The molecule has 0 aromatic heterocycles. The first kappa shape index (κ1) is 25.1. The van der Waals surface area contributed by atoms with Crippen molar-refractivity contribution in [1.82, 2.24) is 4.90 Å². The van der Waals surface area contributed by atoms with Crippen molar-refractivity contribution in [1.29, 1.82) is 0 Å². The molecular formula is C29H30N2O5. The van der Waals surface area contributed by atoms with Crippen LogP contribution in [0.4, 0.5) is 5.69 Å². The maximum Gasteiger partial charge on any atom is 0.309 e. The number of likely N-dealkylation sites (tertiary alicyclic amines) is 1. The first-order valence-electron chi connectivity index (χ1n) is 12.1. The van der Waals surface area contributed by atoms with Crippen molar-refractivity contribution < 1.29 is 24.2 Å². The van der Waals surface area contributed by atoms with Crippen LogP contribution in [0.15, 0.2) is 84.9 Å². The number of carbonyl (C=O) groups is 3. The lowest BCUT2D eigenvalue weighted by Crippen LogP contribution is -2.41. The highest BCUT2D eigenvalue weighted by atomic mass is 16.5. The van der Waals surface area contributed by atoms with Crippen molar-refractivity contribution in [3.05, 3.63) is 102 Å².